The number of hydrogen-bond donors (Lipinski definition) is 1. The van der Waals surface area contributed by atoms with E-state index < -0.39 is 20.4 Å². The highest BCUT2D eigenvalue weighted by Gasteiger charge is 2.42. The number of hydrogen-bond acceptors (Lipinski definition) is 5. The number of carbonyl (C=O) groups excluding carboxylic acids is 2. The van der Waals surface area contributed by atoms with E-state index in [1.54, 1.807) is 18.2 Å². The van der Waals surface area contributed by atoms with Crippen LogP contribution in [-0.2, 0) is 14.0 Å². The number of esters is 1. The van der Waals surface area contributed by atoms with Crippen molar-refractivity contribution in [2.75, 3.05) is 12.4 Å². The number of ether oxygens (including phenoxy) is 2. The molecule has 1 amide bonds. The SMILES string of the molecule is COC(=O)c1ccc2c(c1)NC(=O)C(C(C)O[Si](C)(C)C(C)(C)C)O2. The first-order valence-electron chi connectivity index (χ1n) is 8.34. The van der Waals surface area contributed by atoms with E-state index in [2.05, 4.69) is 39.2 Å². The van der Waals surface area contributed by atoms with Crippen LogP contribution in [-0.4, -0.2) is 39.5 Å². The zero-order chi connectivity index (χ0) is 19.0. The van der Waals surface area contributed by atoms with Crippen molar-refractivity contribution in [2.45, 2.75) is 58.0 Å². The van der Waals surface area contributed by atoms with Crippen LogP contribution in [0.25, 0.3) is 0 Å². The predicted molar refractivity (Wildman–Crippen MR) is 98.6 cm³/mol. The van der Waals surface area contributed by atoms with Gasteiger partial charge in [-0.2, -0.15) is 0 Å². The molecule has 25 heavy (non-hydrogen) atoms. The average Bonchev–Trinajstić information content (AvgIpc) is 2.51. The fraction of sp³-hybridized carbons (Fsp3) is 0.556. The molecule has 1 heterocycles. The van der Waals surface area contributed by atoms with Crippen LogP contribution in [0.4, 0.5) is 5.69 Å². The molecular weight excluding hydrogens is 338 g/mol. The van der Waals surface area contributed by atoms with Crippen molar-refractivity contribution in [3.63, 3.8) is 0 Å². The molecule has 138 valence electrons. The number of anilines is 1. The van der Waals surface area contributed by atoms with Gasteiger partial charge in [-0.25, -0.2) is 4.79 Å². The van der Waals surface area contributed by atoms with Gasteiger partial charge in [0.05, 0.1) is 24.5 Å². The Kier molecular flexibility index (Phi) is 5.29. The van der Waals surface area contributed by atoms with E-state index in [1.807, 2.05) is 6.92 Å². The van der Waals surface area contributed by atoms with Crippen LogP contribution < -0.4 is 10.1 Å². The molecule has 0 bridgehead atoms. The molecule has 0 saturated heterocycles. The molecule has 1 aromatic carbocycles. The van der Waals surface area contributed by atoms with Gasteiger partial charge in [0, 0.05) is 0 Å². The summed E-state index contributed by atoms with van der Waals surface area (Å²) < 4.78 is 16.8. The maximum Gasteiger partial charge on any atom is 0.337 e. The van der Waals surface area contributed by atoms with Crippen molar-refractivity contribution in [2.24, 2.45) is 0 Å². The van der Waals surface area contributed by atoms with E-state index in [0.29, 0.717) is 17.0 Å². The summed E-state index contributed by atoms with van der Waals surface area (Å²) >= 11 is 0. The molecular formula is C18H27NO5Si. The third kappa shape index (κ3) is 4.04. The van der Waals surface area contributed by atoms with Crippen molar-refractivity contribution in [1.82, 2.24) is 0 Å². The van der Waals surface area contributed by atoms with Crippen LogP contribution in [0.15, 0.2) is 18.2 Å². The average molecular weight is 366 g/mol. The normalized spacial score (nSPS) is 18.7. The Hall–Kier alpha value is -1.86. The Bertz CT molecular complexity index is 681. The third-order valence-electron chi connectivity index (χ3n) is 4.88. The number of carbonyl (C=O) groups is 2. The second-order valence-electron chi connectivity index (χ2n) is 7.81. The summed E-state index contributed by atoms with van der Waals surface area (Å²) in [6.07, 6.45) is -1.11. The number of nitrogens with one attached hydrogen (secondary N) is 1. The Morgan fingerprint density at radius 1 is 1.32 bits per heavy atom. The lowest BCUT2D eigenvalue weighted by molar-refractivity contribution is -0.127. The smallest absolute Gasteiger partial charge is 0.337 e. The second kappa shape index (κ2) is 6.80. The van der Waals surface area contributed by atoms with Crippen molar-refractivity contribution in [1.29, 1.82) is 0 Å². The Morgan fingerprint density at radius 2 is 1.96 bits per heavy atom. The van der Waals surface area contributed by atoms with Crippen LogP contribution >= 0.6 is 0 Å². The van der Waals surface area contributed by atoms with E-state index in [4.69, 9.17) is 13.9 Å². The zero-order valence-corrected chi connectivity index (χ0v) is 16.9. The molecule has 0 aromatic heterocycles. The van der Waals surface area contributed by atoms with Gasteiger partial charge in [0.2, 0.25) is 6.10 Å². The van der Waals surface area contributed by atoms with Crippen LogP contribution in [0.3, 0.4) is 0 Å². The van der Waals surface area contributed by atoms with E-state index in [-0.39, 0.29) is 17.0 Å². The second-order valence-corrected chi connectivity index (χ2v) is 12.6. The maximum absolute atomic E-state index is 12.5. The largest absolute Gasteiger partial charge is 0.476 e. The third-order valence-corrected chi connectivity index (χ3v) is 9.46. The topological polar surface area (TPSA) is 73.9 Å². The minimum absolute atomic E-state index is 0.0414. The van der Waals surface area contributed by atoms with Crippen molar-refractivity contribution in [3.8, 4) is 5.75 Å². The summed E-state index contributed by atoms with van der Waals surface area (Å²) in [6.45, 7) is 12.6. The number of amides is 1. The Balaban J connectivity index is 2.19. The molecule has 0 saturated carbocycles. The molecule has 0 fully saturated rings. The summed E-state index contributed by atoms with van der Waals surface area (Å²) in [4.78, 5) is 24.1. The van der Waals surface area contributed by atoms with Crippen molar-refractivity contribution in [3.05, 3.63) is 23.8 Å². The highest BCUT2D eigenvalue weighted by Crippen LogP contribution is 2.39. The molecule has 0 radical (unpaired) electrons. The van der Waals surface area contributed by atoms with Gasteiger partial charge in [-0.1, -0.05) is 20.8 Å². The molecule has 0 spiro atoms. The maximum atomic E-state index is 12.5. The fourth-order valence-electron chi connectivity index (χ4n) is 2.38. The first kappa shape index (κ1) is 19.5. The predicted octanol–water partition coefficient (Wildman–Crippen LogP) is 3.58. The van der Waals surface area contributed by atoms with E-state index >= 15 is 0 Å². The number of fused-ring (bicyclic) bond motifs is 1. The molecule has 0 aliphatic carbocycles. The number of methoxy groups -OCH3 is 1. The number of benzene rings is 1. The Morgan fingerprint density at radius 3 is 2.52 bits per heavy atom. The molecule has 1 aliphatic heterocycles. The minimum atomic E-state index is -2.02. The van der Waals surface area contributed by atoms with Crippen LogP contribution in [0.2, 0.25) is 18.1 Å². The van der Waals surface area contributed by atoms with E-state index in [9.17, 15) is 9.59 Å². The van der Waals surface area contributed by atoms with Gasteiger partial charge in [-0.3, -0.25) is 4.79 Å². The van der Waals surface area contributed by atoms with Crippen molar-refractivity contribution < 1.29 is 23.5 Å². The van der Waals surface area contributed by atoms with Gasteiger partial charge in [0.1, 0.15) is 5.75 Å². The highest BCUT2D eigenvalue weighted by atomic mass is 28.4. The van der Waals surface area contributed by atoms with Gasteiger partial charge in [-0.15, -0.1) is 0 Å². The lowest BCUT2D eigenvalue weighted by Crippen LogP contribution is -2.51. The Labute approximate surface area is 150 Å². The molecule has 2 rings (SSSR count). The first-order valence-corrected chi connectivity index (χ1v) is 11.2. The first-order chi connectivity index (χ1) is 11.5. The minimum Gasteiger partial charge on any atom is -0.476 e. The lowest BCUT2D eigenvalue weighted by atomic mass is 10.1. The van der Waals surface area contributed by atoms with Crippen LogP contribution in [0.1, 0.15) is 38.1 Å². The highest BCUT2D eigenvalue weighted by molar-refractivity contribution is 6.74. The summed E-state index contributed by atoms with van der Waals surface area (Å²) in [5, 5.41) is 2.84. The molecule has 1 aromatic rings. The zero-order valence-electron chi connectivity index (χ0n) is 15.9. The monoisotopic (exact) mass is 365 g/mol. The molecule has 6 nitrogen and oxygen atoms in total. The molecule has 7 heteroatoms. The summed E-state index contributed by atoms with van der Waals surface area (Å²) in [6, 6.07) is 4.82. The van der Waals surface area contributed by atoms with Gasteiger partial charge in [0.25, 0.3) is 5.91 Å². The summed E-state index contributed by atoms with van der Waals surface area (Å²) in [5.74, 6) is -0.225. The summed E-state index contributed by atoms with van der Waals surface area (Å²) in [7, 11) is -0.711. The number of rotatable bonds is 4. The van der Waals surface area contributed by atoms with Gasteiger partial charge in [-0.05, 0) is 43.3 Å². The quantitative estimate of drug-likeness (QED) is 0.652. The van der Waals surface area contributed by atoms with Crippen LogP contribution in [0.5, 0.6) is 5.75 Å². The van der Waals surface area contributed by atoms with Crippen LogP contribution in [0, 0.1) is 0 Å². The molecule has 1 N–H and O–H groups in total. The van der Waals surface area contributed by atoms with Gasteiger partial charge < -0.3 is 19.2 Å². The lowest BCUT2D eigenvalue weighted by Gasteiger charge is -2.40. The standard InChI is InChI=1S/C18H27NO5Si/c1-11(24-25(6,7)18(2,3)4)15-16(20)19-13-10-12(17(21)22-5)8-9-14(13)23-15/h8-11,15H,1-7H3,(H,19,20). The molecule has 2 atom stereocenters. The summed E-state index contributed by atoms with van der Waals surface area (Å²) in [5.41, 5.74) is 0.817. The van der Waals surface area contributed by atoms with E-state index in [0.717, 1.165) is 0 Å². The molecule has 1 aliphatic rings. The van der Waals surface area contributed by atoms with Gasteiger partial charge in [0.15, 0.2) is 8.32 Å². The van der Waals surface area contributed by atoms with Gasteiger partial charge >= 0.3 is 5.97 Å². The fourth-order valence-corrected chi connectivity index (χ4v) is 3.79. The van der Waals surface area contributed by atoms with Crippen molar-refractivity contribution >= 4 is 25.9 Å². The van der Waals surface area contributed by atoms with E-state index in [1.165, 1.54) is 7.11 Å². The molecule has 2 unspecified atom stereocenters.